The number of aryl methyl sites for hydroxylation is 1. The molecule has 0 amide bonds. The van der Waals surface area contributed by atoms with Crippen LogP contribution in [0.4, 0.5) is 0 Å². The second kappa shape index (κ2) is 8.85. The van der Waals surface area contributed by atoms with Crippen LogP contribution in [-0.4, -0.2) is 43.6 Å². The summed E-state index contributed by atoms with van der Waals surface area (Å²) in [5.41, 5.74) is 1.86. The van der Waals surface area contributed by atoms with Gasteiger partial charge in [-0.25, -0.2) is 0 Å². The molecule has 0 saturated heterocycles. The van der Waals surface area contributed by atoms with Gasteiger partial charge in [0.15, 0.2) is 0 Å². The van der Waals surface area contributed by atoms with Crippen LogP contribution >= 0.6 is 0 Å². The van der Waals surface area contributed by atoms with E-state index in [-0.39, 0.29) is 6.61 Å². The largest absolute Gasteiger partial charge is 0.492 e. The second-order valence-electron chi connectivity index (χ2n) is 3.99. The molecular weight excluding hydrogens is 232 g/mol. The molecule has 0 aliphatic carbocycles. The molecular formula is C13H22N2O3. The number of pyridine rings is 1. The van der Waals surface area contributed by atoms with Gasteiger partial charge in [-0.3, -0.25) is 4.98 Å². The molecule has 0 aromatic carbocycles. The van der Waals surface area contributed by atoms with Gasteiger partial charge in [-0.2, -0.15) is 0 Å². The molecule has 1 heterocycles. The first-order chi connectivity index (χ1) is 8.77. The SMILES string of the molecule is COCCNCc1nc(C)ccc1OCCCO. The van der Waals surface area contributed by atoms with Crippen molar-refractivity contribution in [2.75, 3.05) is 33.5 Å². The Morgan fingerprint density at radius 3 is 2.89 bits per heavy atom. The molecule has 0 atom stereocenters. The van der Waals surface area contributed by atoms with Crippen molar-refractivity contribution in [1.29, 1.82) is 0 Å². The summed E-state index contributed by atoms with van der Waals surface area (Å²) in [6, 6.07) is 3.85. The molecule has 1 aromatic rings. The van der Waals surface area contributed by atoms with E-state index in [4.69, 9.17) is 14.6 Å². The number of hydrogen-bond donors (Lipinski definition) is 2. The predicted molar refractivity (Wildman–Crippen MR) is 69.8 cm³/mol. The fourth-order valence-corrected chi connectivity index (χ4v) is 1.48. The third-order valence-electron chi connectivity index (χ3n) is 2.41. The van der Waals surface area contributed by atoms with Crippen molar-refractivity contribution in [3.05, 3.63) is 23.5 Å². The van der Waals surface area contributed by atoms with E-state index in [1.54, 1.807) is 7.11 Å². The van der Waals surface area contributed by atoms with E-state index >= 15 is 0 Å². The Kier molecular flexibility index (Phi) is 7.32. The standard InChI is InChI=1S/C13H22N2O3/c1-11-4-5-13(18-8-3-7-16)12(15-11)10-14-6-9-17-2/h4-5,14,16H,3,6-10H2,1-2H3. The highest BCUT2D eigenvalue weighted by Crippen LogP contribution is 2.16. The van der Waals surface area contributed by atoms with Crippen molar-refractivity contribution in [3.8, 4) is 5.75 Å². The van der Waals surface area contributed by atoms with Crippen LogP contribution in [-0.2, 0) is 11.3 Å². The van der Waals surface area contributed by atoms with Gasteiger partial charge in [0.2, 0.25) is 0 Å². The maximum atomic E-state index is 8.74. The van der Waals surface area contributed by atoms with Gasteiger partial charge in [-0.05, 0) is 19.1 Å². The Balaban J connectivity index is 2.53. The van der Waals surface area contributed by atoms with Crippen molar-refractivity contribution in [2.24, 2.45) is 0 Å². The zero-order valence-electron chi connectivity index (χ0n) is 11.1. The third kappa shape index (κ3) is 5.44. The summed E-state index contributed by atoms with van der Waals surface area (Å²) < 4.78 is 10.6. The van der Waals surface area contributed by atoms with Gasteiger partial charge < -0.3 is 19.9 Å². The van der Waals surface area contributed by atoms with E-state index < -0.39 is 0 Å². The van der Waals surface area contributed by atoms with E-state index in [2.05, 4.69) is 10.3 Å². The lowest BCUT2D eigenvalue weighted by Crippen LogP contribution is -2.20. The molecule has 0 unspecified atom stereocenters. The first-order valence-corrected chi connectivity index (χ1v) is 6.17. The van der Waals surface area contributed by atoms with Crippen LogP contribution in [0.5, 0.6) is 5.75 Å². The summed E-state index contributed by atoms with van der Waals surface area (Å²) in [5.74, 6) is 0.777. The topological polar surface area (TPSA) is 63.6 Å². The summed E-state index contributed by atoms with van der Waals surface area (Å²) >= 11 is 0. The number of nitrogens with one attached hydrogen (secondary N) is 1. The quantitative estimate of drug-likeness (QED) is 0.641. The molecule has 1 aromatic heterocycles. The third-order valence-corrected chi connectivity index (χ3v) is 2.41. The number of nitrogens with zero attached hydrogens (tertiary/aromatic N) is 1. The number of aliphatic hydroxyl groups is 1. The number of aliphatic hydroxyl groups excluding tert-OH is 1. The summed E-state index contributed by atoms with van der Waals surface area (Å²) in [7, 11) is 1.68. The van der Waals surface area contributed by atoms with E-state index in [0.29, 0.717) is 26.2 Å². The van der Waals surface area contributed by atoms with Crippen LogP contribution in [0, 0.1) is 6.92 Å². The number of hydrogen-bond acceptors (Lipinski definition) is 5. The molecule has 0 aliphatic rings. The zero-order valence-corrected chi connectivity index (χ0v) is 11.1. The lowest BCUT2D eigenvalue weighted by molar-refractivity contribution is 0.198. The Hall–Kier alpha value is -1.17. The van der Waals surface area contributed by atoms with E-state index in [1.807, 2.05) is 19.1 Å². The van der Waals surface area contributed by atoms with Crippen LogP contribution in [0.15, 0.2) is 12.1 Å². The van der Waals surface area contributed by atoms with Gasteiger partial charge in [0.25, 0.3) is 0 Å². The van der Waals surface area contributed by atoms with Crippen molar-refractivity contribution in [2.45, 2.75) is 19.9 Å². The highest BCUT2D eigenvalue weighted by Gasteiger charge is 2.05. The highest BCUT2D eigenvalue weighted by atomic mass is 16.5. The smallest absolute Gasteiger partial charge is 0.142 e. The molecule has 18 heavy (non-hydrogen) atoms. The lowest BCUT2D eigenvalue weighted by atomic mass is 10.3. The molecule has 5 nitrogen and oxygen atoms in total. The minimum absolute atomic E-state index is 0.140. The van der Waals surface area contributed by atoms with E-state index in [9.17, 15) is 0 Å². The minimum Gasteiger partial charge on any atom is -0.492 e. The number of rotatable bonds is 9. The van der Waals surface area contributed by atoms with E-state index in [1.165, 1.54) is 0 Å². The number of methoxy groups -OCH3 is 1. The maximum Gasteiger partial charge on any atom is 0.142 e. The molecule has 0 bridgehead atoms. The molecule has 0 spiro atoms. The molecule has 2 N–H and O–H groups in total. The first kappa shape index (κ1) is 14.9. The Morgan fingerprint density at radius 1 is 1.33 bits per heavy atom. The summed E-state index contributed by atoms with van der Waals surface area (Å²) in [6.07, 6.45) is 0.629. The Bertz CT molecular complexity index is 345. The number of aromatic nitrogens is 1. The zero-order chi connectivity index (χ0) is 13.2. The van der Waals surface area contributed by atoms with Crippen LogP contribution in [0.25, 0.3) is 0 Å². The monoisotopic (exact) mass is 254 g/mol. The van der Waals surface area contributed by atoms with Crippen LogP contribution in [0.3, 0.4) is 0 Å². The summed E-state index contributed by atoms with van der Waals surface area (Å²) in [5, 5.41) is 12.0. The Morgan fingerprint density at radius 2 is 2.17 bits per heavy atom. The Labute approximate surface area is 108 Å². The first-order valence-electron chi connectivity index (χ1n) is 6.17. The molecule has 1 rings (SSSR count). The van der Waals surface area contributed by atoms with Gasteiger partial charge in [-0.1, -0.05) is 0 Å². The summed E-state index contributed by atoms with van der Waals surface area (Å²) in [4.78, 5) is 4.46. The van der Waals surface area contributed by atoms with Gasteiger partial charge in [0.05, 0.1) is 18.9 Å². The van der Waals surface area contributed by atoms with Crippen molar-refractivity contribution in [1.82, 2.24) is 10.3 Å². The lowest BCUT2D eigenvalue weighted by Gasteiger charge is -2.11. The fourth-order valence-electron chi connectivity index (χ4n) is 1.48. The molecule has 0 radical (unpaired) electrons. The minimum atomic E-state index is 0.140. The van der Waals surface area contributed by atoms with Crippen molar-refractivity contribution >= 4 is 0 Å². The maximum absolute atomic E-state index is 8.74. The van der Waals surface area contributed by atoms with Gasteiger partial charge in [0, 0.05) is 38.9 Å². The molecule has 5 heteroatoms. The fraction of sp³-hybridized carbons (Fsp3) is 0.615. The predicted octanol–water partition coefficient (Wildman–Crippen LogP) is 0.887. The van der Waals surface area contributed by atoms with Crippen LogP contribution < -0.4 is 10.1 Å². The normalized spacial score (nSPS) is 10.6. The van der Waals surface area contributed by atoms with Gasteiger partial charge in [0.1, 0.15) is 5.75 Å². The molecule has 0 aliphatic heterocycles. The van der Waals surface area contributed by atoms with E-state index in [0.717, 1.165) is 23.7 Å². The van der Waals surface area contributed by atoms with Crippen LogP contribution in [0.2, 0.25) is 0 Å². The average molecular weight is 254 g/mol. The average Bonchev–Trinajstić information content (AvgIpc) is 2.37. The van der Waals surface area contributed by atoms with Crippen molar-refractivity contribution in [3.63, 3.8) is 0 Å². The van der Waals surface area contributed by atoms with Gasteiger partial charge >= 0.3 is 0 Å². The summed E-state index contributed by atoms with van der Waals surface area (Å²) in [6.45, 7) is 4.71. The van der Waals surface area contributed by atoms with Gasteiger partial charge in [-0.15, -0.1) is 0 Å². The molecule has 0 fully saturated rings. The second-order valence-corrected chi connectivity index (χ2v) is 3.99. The van der Waals surface area contributed by atoms with Crippen molar-refractivity contribution < 1.29 is 14.6 Å². The molecule has 0 saturated carbocycles. The van der Waals surface area contributed by atoms with Crippen LogP contribution in [0.1, 0.15) is 17.8 Å². The molecule has 102 valence electrons. The highest BCUT2D eigenvalue weighted by molar-refractivity contribution is 5.29. The number of ether oxygens (including phenoxy) is 2.